The number of guanidine groups is 1. The lowest BCUT2D eigenvalue weighted by Crippen LogP contribution is -2.78. The summed E-state index contributed by atoms with van der Waals surface area (Å²) >= 11 is 0. The predicted molar refractivity (Wildman–Crippen MR) is 123 cm³/mol. The lowest BCUT2D eigenvalue weighted by atomic mass is 10.0. The van der Waals surface area contributed by atoms with Gasteiger partial charge in [0.05, 0.1) is 18.6 Å². The Labute approximate surface area is 195 Å². The smallest absolute Gasteiger partial charge is 0.338 e. The summed E-state index contributed by atoms with van der Waals surface area (Å²) in [5.41, 5.74) is 11.9. The highest BCUT2D eigenvalue weighted by Crippen LogP contribution is 2.29. The Morgan fingerprint density at radius 2 is 1.88 bits per heavy atom. The summed E-state index contributed by atoms with van der Waals surface area (Å²) in [5.74, 6) is -1.73. The first-order valence-corrected chi connectivity index (χ1v) is 10.7. The van der Waals surface area contributed by atoms with Gasteiger partial charge in [0.2, 0.25) is 0 Å². The largest absolute Gasteiger partial charge is 0.548 e. The Kier molecular flexibility index (Phi) is 7.86. The molecule has 1 heterocycles. The molecule has 2 aromatic carbocycles. The maximum Gasteiger partial charge on any atom is 0.338 e. The van der Waals surface area contributed by atoms with Gasteiger partial charge in [-0.25, -0.2) is 4.79 Å². The van der Waals surface area contributed by atoms with Crippen molar-refractivity contribution in [2.75, 3.05) is 6.54 Å². The minimum Gasteiger partial charge on any atom is -0.548 e. The van der Waals surface area contributed by atoms with E-state index >= 15 is 0 Å². The second-order valence-electron chi connectivity index (χ2n) is 7.67. The molecule has 10 nitrogen and oxygen atoms in total. The molecule has 34 heavy (non-hydrogen) atoms. The van der Waals surface area contributed by atoms with Crippen LogP contribution in [0.25, 0.3) is 22.1 Å². The minimum atomic E-state index is -1.41. The molecule has 178 valence electrons. The molecule has 0 aliphatic rings. The van der Waals surface area contributed by atoms with Crippen LogP contribution in [0.5, 0.6) is 5.75 Å². The van der Waals surface area contributed by atoms with Crippen molar-refractivity contribution in [3.63, 3.8) is 0 Å². The third-order valence-corrected chi connectivity index (χ3v) is 5.08. The summed E-state index contributed by atoms with van der Waals surface area (Å²) in [6.45, 7) is 1.83. The van der Waals surface area contributed by atoms with Gasteiger partial charge in [-0.1, -0.05) is 30.3 Å². The Morgan fingerprint density at radius 1 is 1.15 bits per heavy atom. The Hall–Kier alpha value is -4.34. The third kappa shape index (κ3) is 6.35. The summed E-state index contributed by atoms with van der Waals surface area (Å²) in [5, 5.41) is 14.5. The van der Waals surface area contributed by atoms with Crippen LogP contribution in [0.2, 0.25) is 0 Å². The van der Waals surface area contributed by atoms with Crippen LogP contribution in [0.1, 0.15) is 19.8 Å². The summed E-state index contributed by atoms with van der Waals surface area (Å²) in [7, 11) is 0. The van der Waals surface area contributed by atoms with E-state index in [0.29, 0.717) is 29.5 Å². The Bertz CT molecular complexity index is 1250. The first-order valence-electron chi connectivity index (χ1n) is 10.7. The molecule has 0 spiro atoms. The number of ether oxygens (including phenoxy) is 1. The van der Waals surface area contributed by atoms with E-state index in [2.05, 4.69) is 10.3 Å². The fourth-order valence-electron chi connectivity index (χ4n) is 3.41. The molecule has 0 aliphatic carbocycles. The van der Waals surface area contributed by atoms with Gasteiger partial charge in [-0.05, 0) is 43.0 Å². The highest BCUT2D eigenvalue weighted by atomic mass is 16.5. The molecule has 0 aliphatic heterocycles. The number of rotatable bonds is 10. The number of nitrogens with two attached hydrogens (primary N) is 2. The van der Waals surface area contributed by atoms with Gasteiger partial charge in [0.15, 0.2) is 6.10 Å². The number of aliphatic carboxylic acids is 1. The van der Waals surface area contributed by atoms with E-state index in [1.807, 2.05) is 30.3 Å². The molecule has 6 N–H and O–H groups in total. The number of nitrogens with one attached hydrogen (secondary N) is 2. The first kappa shape index (κ1) is 24.3. The molecule has 2 atom stereocenters. The molecule has 3 aromatic rings. The maximum atomic E-state index is 12.5. The molecule has 1 aromatic heterocycles. The second-order valence-corrected chi connectivity index (χ2v) is 7.67. The molecule has 0 saturated heterocycles. The fraction of sp³-hybridized carbons (Fsp3) is 0.250. The highest BCUT2D eigenvalue weighted by molar-refractivity contribution is 5.94. The van der Waals surface area contributed by atoms with Crippen LogP contribution in [-0.4, -0.2) is 36.5 Å². The van der Waals surface area contributed by atoms with E-state index in [-0.39, 0.29) is 18.1 Å². The monoisotopic (exact) mass is 466 g/mol. The summed E-state index contributed by atoms with van der Waals surface area (Å²) in [6, 6.07) is 14.5. The lowest BCUT2D eigenvalue weighted by Gasteiger charge is -2.22. The first-order chi connectivity index (χ1) is 16.2. The van der Waals surface area contributed by atoms with Crippen LogP contribution >= 0.6 is 0 Å². The van der Waals surface area contributed by atoms with Gasteiger partial charge in [0.1, 0.15) is 11.3 Å². The number of fused-ring (bicyclic) bond motifs is 1. The molecule has 1 amide bonds. The molecule has 0 fully saturated rings. The van der Waals surface area contributed by atoms with Crippen molar-refractivity contribution in [3.8, 4) is 16.9 Å². The van der Waals surface area contributed by atoms with E-state index in [4.69, 9.17) is 20.6 Å². The summed E-state index contributed by atoms with van der Waals surface area (Å²) in [4.78, 5) is 38.7. The zero-order valence-electron chi connectivity index (χ0n) is 18.6. The van der Waals surface area contributed by atoms with Crippen molar-refractivity contribution in [1.29, 1.82) is 0 Å². The van der Waals surface area contributed by atoms with Crippen molar-refractivity contribution in [2.24, 2.45) is 11.5 Å². The van der Waals surface area contributed by atoms with Crippen LogP contribution in [-0.2, 0) is 9.59 Å². The molecule has 0 saturated carbocycles. The lowest BCUT2D eigenvalue weighted by molar-refractivity contribution is -0.459. The molecular weight excluding hydrogens is 440 g/mol. The normalized spacial score (nSPS) is 12.5. The van der Waals surface area contributed by atoms with Crippen molar-refractivity contribution in [3.05, 3.63) is 65.0 Å². The van der Waals surface area contributed by atoms with Crippen LogP contribution < -0.4 is 37.2 Å². The van der Waals surface area contributed by atoms with Crippen LogP contribution in [0.15, 0.2) is 63.8 Å². The number of amides is 1. The maximum absolute atomic E-state index is 12.5. The van der Waals surface area contributed by atoms with Crippen molar-refractivity contribution < 1.29 is 28.8 Å². The summed E-state index contributed by atoms with van der Waals surface area (Å²) < 4.78 is 11.0. The van der Waals surface area contributed by atoms with Gasteiger partial charge < -0.3 is 24.4 Å². The average molecular weight is 466 g/mol. The van der Waals surface area contributed by atoms with E-state index in [0.717, 1.165) is 5.56 Å². The topological polar surface area (TPSA) is 175 Å². The standard InChI is InChI=1S/C24H26N4O6/c1-14(22(30)28-19(23(31)32)8-5-11-27-24(25)26)33-16-9-10-17-18(15-6-3-2-4-7-15)13-21(29)34-20(17)12-16/h2-4,6-7,9-10,12-14,19H,5,8,11H2,1H3,(H,28,30)(H,31,32)(H4,25,26,27)/t14-,19+/m1/s1. The number of hydrogen-bond acceptors (Lipinski definition) is 6. The quantitative estimate of drug-likeness (QED) is 0.122. The van der Waals surface area contributed by atoms with Crippen LogP contribution in [0.4, 0.5) is 0 Å². The van der Waals surface area contributed by atoms with Gasteiger partial charge in [-0.3, -0.25) is 21.3 Å². The highest BCUT2D eigenvalue weighted by Gasteiger charge is 2.20. The van der Waals surface area contributed by atoms with Crippen LogP contribution in [0.3, 0.4) is 0 Å². The average Bonchev–Trinajstić information content (AvgIpc) is 2.80. The zero-order valence-corrected chi connectivity index (χ0v) is 18.6. The minimum absolute atomic E-state index is 0.0261. The fourth-order valence-corrected chi connectivity index (χ4v) is 3.41. The molecular formula is C24H26N4O6. The second kappa shape index (κ2) is 11.0. The van der Waals surface area contributed by atoms with Gasteiger partial charge in [-0.15, -0.1) is 0 Å². The van der Waals surface area contributed by atoms with E-state index in [9.17, 15) is 19.5 Å². The number of hydrogen-bond donors (Lipinski definition) is 4. The SMILES string of the molecule is C[C@@H](Oc1ccc2c(-c3ccccc3)cc(=O)oc2c1)C(=O)N[C@@H](CCC[NH+]=C(N)N)C(=O)[O-]. The number of carbonyl (C=O) groups excluding carboxylic acids is 2. The molecule has 0 radical (unpaired) electrons. The number of benzene rings is 2. The number of carboxylic acids is 1. The van der Waals surface area contributed by atoms with E-state index < -0.39 is 29.6 Å². The van der Waals surface area contributed by atoms with E-state index in [1.54, 1.807) is 12.1 Å². The Morgan fingerprint density at radius 3 is 2.56 bits per heavy atom. The molecule has 0 unspecified atom stereocenters. The number of carbonyl (C=O) groups is 2. The zero-order chi connectivity index (χ0) is 24.7. The Balaban J connectivity index is 1.71. The molecule has 3 rings (SSSR count). The molecule has 10 heteroatoms. The van der Waals surface area contributed by atoms with Crippen molar-refractivity contribution >= 4 is 28.8 Å². The van der Waals surface area contributed by atoms with Crippen molar-refractivity contribution in [2.45, 2.75) is 31.9 Å². The van der Waals surface area contributed by atoms with E-state index in [1.165, 1.54) is 19.1 Å². The van der Waals surface area contributed by atoms with Gasteiger partial charge in [-0.2, -0.15) is 0 Å². The predicted octanol–water partition coefficient (Wildman–Crippen LogP) is -1.40. The van der Waals surface area contributed by atoms with Gasteiger partial charge >= 0.3 is 11.6 Å². The van der Waals surface area contributed by atoms with Crippen LogP contribution in [0, 0.1) is 0 Å². The summed E-state index contributed by atoms with van der Waals surface area (Å²) in [6.07, 6.45) is -0.515. The van der Waals surface area contributed by atoms with Gasteiger partial charge in [0.25, 0.3) is 5.91 Å². The third-order valence-electron chi connectivity index (χ3n) is 5.08. The van der Waals surface area contributed by atoms with Crippen molar-refractivity contribution in [1.82, 2.24) is 5.32 Å². The van der Waals surface area contributed by atoms with Gasteiger partial charge in [0, 0.05) is 17.5 Å². The molecule has 0 bridgehead atoms. The number of carboxylic acid groups (broad SMARTS) is 1.